The minimum atomic E-state index is -0.241. The Labute approximate surface area is 80.4 Å². The maximum atomic E-state index is 9.17. The van der Waals surface area contributed by atoms with Crippen LogP contribution in [0.5, 0.6) is 0 Å². The molecule has 1 radical (unpaired) electrons. The first kappa shape index (κ1) is 11.0. The summed E-state index contributed by atoms with van der Waals surface area (Å²) in [5.74, 6) is 1.38. The van der Waals surface area contributed by atoms with Gasteiger partial charge in [0.05, 0.1) is 13.2 Å². The largest absolute Gasteiger partial charge is 0.396 e. The number of hydrogen-bond donors (Lipinski definition) is 2. The third kappa shape index (κ3) is 2.66. The Bertz CT molecular complexity index is 155. The zero-order valence-corrected chi connectivity index (χ0v) is 8.58. The second kappa shape index (κ2) is 4.40. The lowest BCUT2D eigenvalue weighted by Crippen LogP contribution is -2.34. The summed E-state index contributed by atoms with van der Waals surface area (Å²) in [6.45, 7) is 7.22. The zero-order chi connectivity index (χ0) is 9.90. The first-order valence-electron chi connectivity index (χ1n) is 4.85. The van der Waals surface area contributed by atoms with Crippen molar-refractivity contribution in [2.24, 2.45) is 5.41 Å². The van der Waals surface area contributed by atoms with Gasteiger partial charge in [0.1, 0.15) is 0 Å². The highest BCUT2D eigenvalue weighted by atomic mass is 16.3. The van der Waals surface area contributed by atoms with E-state index in [1.807, 2.05) is 0 Å². The molecule has 1 saturated heterocycles. The fraction of sp³-hybridized carbons (Fsp3) is 0.900. The number of aliphatic hydroxyl groups excluding tert-OH is 2. The van der Waals surface area contributed by atoms with Crippen molar-refractivity contribution in [1.29, 1.82) is 0 Å². The van der Waals surface area contributed by atoms with Crippen molar-refractivity contribution < 1.29 is 10.2 Å². The maximum Gasteiger partial charge on any atom is 0.0522 e. The molecule has 0 aliphatic carbocycles. The third-order valence-corrected chi connectivity index (χ3v) is 2.73. The van der Waals surface area contributed by atoms with Crippen molar-refractivity contribution >= 4 is 0 Å². The van der Waals surface area contributed by atoms with Gasteiger partial charge in [-0.3, -0.25) is 0 Å². The Morgan fingerprint density at radius 1 is 1.31 bits per heavy atom. The quantitative estimate of drug-likeness (QED) is 0.662. The van der Waals surface area contributed by atoms with E-state index < -0.39 is 0 Å². The Morgan fingerprint density at radius 2 is 1.92 bits per heavy atom. The molecule has 1 aliphatic heterocycles. The summed E-state index contributed by atoms with van der Waals surface area (Å²) in [4.78, 5) is 2.29. The van der Waals surface area contributed by atoms with E-state index in [0.717, 1.165) is 26.1 Å². The molecule has 13 heavy (non-hydrogen) atoms. The minimum Gasteiger partial charge on any atom is -0.396 e. The lowest BCUT2D eigenvalue weighted by atomic mass is 9.89. The third-order valence-electron chi connectivity index (χ3n) is 2.73. The van der Waals surface area contributed by atoms with Crippen LogP contribution in [-0.2, 0) is 0 Å². The molecule has 3 nitrogen and oxygen atoms in total. The molecule has 1 rings (SSSR count). The number of likely N-dealkylation sites (tertiary alicyclic amines) is 1. The number of hydrogen-bond acceptors (Lipinski definition) is 3. The highest BCUT2D eigenvalue weighted by Crippen LogP contribution is 2.29. The van der Waals surface area contributed by atoms with E-state index in [0.29, 0.717) is 0 Å². The molecule has 0 amide bonds. The van der Waals surface area contributed by atoms with Gasteiger partial charge in [-0.15, -0.1) is 0 Å². The molecule has 1 fully saturated rings. The predicted molar refractivity (Wildman–Crippen MR) is 52.3 cm³/mol. The standard InChI is InChI=1S/C10H20NO2/c1-9(2)5-11-4-3-10(6-11,7-12)8-13/h12-13H,3-8H2,1-2H3. The Hall–Kier alpha value is -0.120. The Morgan fingerprint density at radius 3 is 2.31 bits per heavy atom. The minimum absolute atomic E-state index is 0.1000. The van der Waals surface area contributed by atoms with Crippen LogP contribution < -0.4 is 0 Å². The molecule has 1 aliphatic rings. The fourth-order valence-corrected chi connectivity index (χ4v) is 1.92. The topological polar surface area (TPSA) is 43.7 Å². The summed E-state index contributed by atoms with van der Waals surface area (Å²) < 4.78 is 0. The molecule has 1 heterocycles. The van der Waals surface area contributed by atoms with Crippen molar-refractivity contribution in [2.45, 2.75) is 20.3 Å². The van der Waals surface area contributed by atoms with Gasteiger partial charge in [0, 0.05) is 18.5 Å². The van der Waals surface area contributed by atoms with Crippen LogP contribution in [0.4, 0.5) is 0 Å². The van der Waals surface area contributed by atoms with Crippen LogP contribution in [-0.4, -0.2) is 48.0 Å². The summed E-state index contributed by atoms with van der Waals surface area (Å²) in [6, 6.07) is 0. The number of rotatable bonds is 4. The number of nitrogens with zero attached hydrogens (tertiary/aromatic N) is 1. The van der Waals surface area contributed by atoms with Crippen molar-refractivity contribution in [1.82, 2.24) is 4.90 Å². The molecule has 0 aromatic rings. The molecule has 0 atom stereocenters. The SMILES string of the molecule is C[C](C)CN1CCC(CO)(CO)C1. The van der Waals surface area contributed by atoms with Crippen molar-refractivity contribution in [3.63, 3.8) is 0 Å². The molecule has 77 valence electrons. The van der Waals surface area contributed by atoms with Crippen LogP contribution >= 0.6 is 0 Å². The van der Waals surface area contributed by atoms with E-state index in [4.69, 9.17) is 0 Å². The van der Waals surface area contributed by atoms with Crippen LogP contribution in [0.15, 0.2) is 0 Å². The average Bonchev–Trinajstić information content (AvgIpc) is 2.48. The summed E-state index contributed by atoms with van der Waals surface area (Å²) in [5.41, 5.74) is -0.241. The highest BCUT2D eigenvalue weighted by Gasteiger charge is 2.36. The van der Waals surface area contributed by atoms with Crippen molar-refractivity contribution in [3.8, 4) is 0 Å². The monoisotopic (exact) mass is 186 g/mol. The molecule has 2 N–H and O–H groups in total. The Balaban J connectivity index is 2.42. The van der Waals surface area contributed by atoms with E-state index in [9.17, 15) is 10.2 Å². The molecule has 0 aromatic carbocycles. The van der Waals surface area contributed by atoms with Crippen molar-refractivity contribution in [2.75, 3.05) is 32.8 Å². The van der Waals surface area contributed by atoms with E-state index in [1.165, 1.54) is 5.92 Å². The predicted octanol–water partition coefficient (Wildman–Crippen LogP) is 0.277. The molecule has 0 bridgehead atoms. The summed E-state index contributed by atoms with van der Waals surface area (Å²) in [5, 5.41) is 18.3. The van der Waals surface area contributed by atoms with Gasteiger partial charge < -0.3 is 15.1 Å². The van der Waals surface area contributed by atoms with Gasteiger partial charge in [-0.2, -0.15) is 0 Å². The van der Waals surface area contributed by atoms with Crippen LogP contribution in [0.2, 0.25) is 0 Å². The lowest BCUT2D eigenvalue weighted by Gasteiger charge is -2.25. The van der Waals surface area contributed by atoms with Gasteiger partial charge in [0.2, 0.25) is 0 Å². The van der Waals surface area contributed by atoms with E-state index in [1.54, 1.807) is 0 Å². The molecule has 0 spiro atoms. The molecule has 0 aromatic heterocycles. The second-order valence-electron chi connectivity index (χ2n) is 4.48. The normalized spacial score (nSPS) is 22.8. The fourth-order valence-electron chi connectivity index (χ4n) is 1.92. The first-order chi connectivity index (χ1) is 6.12. The molecular formula is C10H20NO2. The van der Waals surface area contributed by atoms with Crippen LogP contribution in [0.3, 0.4) is 0 Å². The zero-order valence-electron chi connectivity index (χ0n) is 8.58. The van der Waals surface area contributed by atoms with Crippen molar-refractivity contribution in [3.05, 3.63) is 5.92 Å². The maximum absolute atomic E-state index is 9.17. The van der Waals surface area contributed by atoms with Gasteiger partial charge in [-0.25, -0.2) is 0 Å². The molecule has 0 unspecified atom stereocenters. The van der Waals surface area contributed by atoms with Gasteiger partial charge >= 0.3 is 0 Å². The van der Waals surface area contributed by atoms with Gasteiger partial charge in [0.25, 0.3) is 0 Å². The smallest absolute Gasteiger partial charge is 0.0522 e. The van der Waals surface area contributed by atoms with Crippen LogP contribution in [0.1, 0.15) is 20.3 Å². The van der Waals surface area contributed by atoms with E-state index in [2.05, 4.69) is 18.7 Å². The van der Waals surface area contributed by atoms with Crippen LogP contribution in [0, 0.1) is 11.3 Å². The average molecular weight is 186 g/mol. The van der Waals surface area contributed by atoms with Gasteiger partial charge in [-0.05, 0) is 18.9 Å². The van der Waals surface area contributed by atoms with E-state index in [-0.39, 0.29) is 18.6 Å². The summed E-state index contributed by atoms with van der Waals surface area (Å²) in [6.07, 6.45) is 0.910. The summed E-state index contributed by atoms with van der Waals surface area (Å²) in [7, 11) is 0. The van der Waals surface area contributed by atoms with Gasteiger partial charge in [0.15, 0.2) is 0 Å². The Kier molecular flexibility index (Phi) is 3.71. The summed E-state index contributed by atoms with van der Waals surface area (Å²) >= 11 is 0. The van der Waals surface area contributed by atoms with Crippen LogP contribution in [0.25, 0.3) is 0 Å². The number of aliphatic hydroxyl groups is 2. The highest BCUT2D eigenvalue weighted by molar-refractivity contribution is 4.93. The van der Waals surface area contributed by atoms with Gasteiger partial charge in [-0.1, -0.05) is 13.8 Å². The second-order valence-corrected chi connectivity index (χ2v) is 4.48. The molecule has 0 saturated carbocycles. The lowest BCUT2D eigenvalue weighted by molar-refractivity contribution is 0.0618. The first-order valence-corrected chi connectivity index (χ1v) is 4.85. The van der Waals surface area contributed by atoms with E-state index >= 15 is 0 Å². The molecular weight excluding hydrogens is 166 g/mol. The molecule has 3 heteroatoms.